The summed E-state index contributed by atoms with van der Waals surface area (Å²) in [6.45, 7) is 6.48. The molecule has 0 saturated carbocycles. The van der Waals surface area contributed by atoms with E-state index in [9.17, 15) is 9.90 Å². The molecule has 1 aromatic carbocycles. The van der Waals surface area contributed by atoms with E-state index in [0.29, 0.717) is 18.9 Å². The molecular weight excluding hydrogens is 258 g/mol. The molecule has 2 rings (SSSR count). The maximum absolute atomic E-state index is 11.7. The third-order valence-electron chi connectivity index (χ3n) is 3.07. The van der Waals surface area contributed by atoms with E-state index in [-0.39, 0.29) is 11.7 Å². The van der Waals surface area contributed by atoms with Crippen molar-refractivity contribution in [2.45, 2.75) is 38.7 Å². The number of ether oxygens (including phenoxy) is 2. The largest absolute Gasteiger partial charge is 0.504 e. The number of benzene rings is 1. The van der Waals surface area contributed by atoms with Crippen LogP contribution in [0, 0.1) is 0 Å². The van der Waals surface area contributed by atoms with E-state index < -0.39 is 11.7 Å². The second-order valence-corrected chi connectivity index (χ2v) is 5.91. The molecule has 1 aliphatic heterocycles. The van der Waals surface area contributed by atoms with Gasteiger partial charge in [0.25, 0.3) is 0 Å². The van der Waals surface area contributed by atoms with Gasteiger partial charge in [-0.25, -0.2) is 4.79 Å². The van der Waals surface area contributed by atoms with Crippen molar-refractivity contribution in [1.82, 2.24) is 5.32 Å². The third-order valence-corrected chi connectivity index (χ3v) is 3.07. The Balaban J connectivity index is 1.99. The lowest BCUT2D eigenvalue weighted by Crippen LogP contribution is -2.35. The number of hydrogen-bond donors (Lipinski definition) is 2. The van der Waals surface area contributed by atoms with Crippen LogP contribution in [0.2, 0.25) is 0 Å². The number of para-hydroxylation sites is 1. The van der Waals surface area contributed by atoms with Crippen LogP contribution in [0.15, 0.2) is 18.2 Å². The van der Waals surface area contributed by atoms with Gasteiger partial charge in [-0.1, -0.05) is 12.1 Å². The predicted octanol–water partition coefficient (Wildman–Crippen LogP) is 2.78. The van der Waals surface area contributed by atoms with Crippen LogP contribution < -0.4 is 10.1 Å². The summed E-state index contributed by atoms with van der Waals surface area (Å²) in [5, 5.41) is 12.5. The van der Waals surface area contributed by atoms with Crippen LogP contribution in [-0.4, -0.2) is 30.0 Å². The number of phenolic OH excluding ortho intramolecular Hbond substituents is 1. The Kier molecular flexibility index (Phi) is 4.06. The molecule has 5 heteroatoms. The van der Waals surface area contributed by atoms with Gasteiger partial charge in [-0.15, -0.1) is 0 Å². The minimum Gasteiger partial charge on any atom is -0.504 e. The molecule has 1 aromatic rings. The van der Waals surface area contributed by atoms with Gasteiger partial charge in [-0.05, 0) is 33.3 Å². The zero-order chi connectivity index (χ0) is 14.8. The summed E-state index contributed by atoms with van der Waals surface area (Å²) in [4.78, 5) is 11.7. The summed E-state index contributed by atoms with van der Waals surface area (Å²) >= 11 is 0. The molecular formula is C15H21NO4. The molecule has 110 valence electrons. The van der Waals surface area contributed by atoms with Crippen molar-refractivity contribution in [2.75, 3.05) is 13.2 Å². The van der Waals surface area contributed by atoms with Crippen molar-refractivity contribution in [1.29, 1.82) is 0 Å². The normalized spacial score (nSPS) is 17.9. The fraction of sp³-hybridized carbons (Fsp3) is 0.533. The highest BCUT2D eigenvalue weighted by atomic mass is 16.6. The highest BCUT2D eigenvalue weighted by molar-refractivity contribution is 5.67. The molecule has 1 heterocycles. The zero-order valence-corrected chi connectivity index (χ0v) is 12.1. The van der Waals surface area contributed by atoms with Gasteiger partial charge in [-0.2, -0.15) is 0 Å². The molecule has 0 aliphatic carbocycles. The lowest BCUT2D eigenvalue weighted by Gasteiger charge is -2.27. The van der Waals surface area contributed by atoms with Crippen molar-refractivity contribution < 1.29 is 19.4 Å². The van der Waals surface area contributed by atoms with Gasteiger partial charge >= 0.3 is 6.09 Å². The SMILES string of the molecule is CC(C)(C)OC(=O)NCC1CCOc2c(O)cccc21. The number of fused-ring (bicyclic) bond motifs is 1. The Morgan fingerprint density at radius 1 is 1.50 bits per heavy atom. The topological polar surface area (TPSA) is 67.8 Å². The van der Waals surface area contributed by atoms with Gasteiger partial charge in [0.2, 0.25) is 0 Å². The second-order valence-electron chi connectivity index (χ2n) is 5.91. The average molecular weight is 279 g/mol. The monoisotopic (exact) mass is 279 g/mol. The van der Waals surface area contributed by atoms with Crippen LogP contribution >= 0.6 is 0 Å². The Labute approximate surface area is 118 Å². The van der Waals surface area contributed by atoms with E-state index >= 15 is 0 Å². The molecule has 0 fully saturated rings. The fourth-order valence-corrected chi connectivity index (χ4v) is 2.21. The number of nitrogens with one attached hydrogen (secondary N) is 1. The summed E-state index contributed by atoms with van der Waals surface area (Å²) < 4.78 is 10.7. The van der Waals surface area contributed by atoms with Gasteiger partial charge in [0.05, 0.1) is 6.61 Å². The van der Waals surface area contributed by atoms with Crippen LogP contribution in [0.3, 0.4) is 0 Å². The number of rotatable bonds is 2. The molecule has 1 amide bonds. The third kappa shape index (κ3) is 3.56. The van der Waals surface area contributed by atoms with Crippen LogP contribution in [0.4, 0.5) is 4.79 Å². The number of phenols is 1. The maximum Gasteiger partial charge on any atom is 0.407 e. The number of aromatic hydroxyl groups is 1. The molecule has 0 bridgehead atoms. The average Bonchev–Trinajstić information content (AvgIpc) is 2.35. The molecule has 1 aliphatic rings. The Morgan fingerprint density at radius 2 is 2.25 bits per heavy atom. The van der Waals surface area contributed by atoms with Gasteiger partial charge in [0.15, 0.2) is 11.5 Å². The maximum atomic E-state index is 11.7. The van der Waals surface area contributed by atoms with Crippen molar-refractivity contribution in [3.63, 3.8) is 0 Å². The van der Waals surface area contributed by atoms with Crippen LogP contribution in [0.1, 0.15) is 38.7 Å². The van der Waals surface area contributed by atoms with Crippen LogP contribution in [0.5, 0.6) is 11.5 Å². The Hall–Kier alpha value is -1.91. The van der Waals surface area contributed by atoms with Crippen LogP contribution in [-0.2, 0) is 4.74 Å². The first-order valence-corrected chi connectivity index (χ1v) is 6.78. The molecule has 0 radical (unpaired) electrons. The van der Waals surface area contributed by atoms with E-state index in [2.05, 4.69) is 5.32 Å². The minimum atomic E-state index is -0.504. The van der Waals surface area contributed by atoms with Crippen molar-refractivity contribution in [3.8, 4) is 11.5 Å². The molecule has 5 nitrogen and oxygen atoms in total. The van der Waals surface area contributed by atoms with Gasteiger partial charge in [0.1, 0.15) is 5.60 Å². The quantitative estimate of drug-likeness (QED) is 0.873. The van der Waals surface area contributed by atoms with E-state index in [1.807, 2.05) is 26.8 Å². The van der Waals surface area contributed by atoms with Gasteiger partial charge in [-0.3, -0.25) is 0 Å². The first-order valence-electron chi connectivity index (χ1n) is 6.78. The summed E-state index contributed by atoms with van der Waals surface area (Å²) in [5.41, 5.74) is 0.419. The smallest absolute Gasteiger partial charge is 0.407 e. The molecule has 0 saturated heterocycles. The van der Waals surface area contributed by atoms with E-state index in [1.165, 1.54) is 0 Å². The Bertz CT molecular complexity index is 493. The molecule has 2 N–H and O–H groups in total. The molecule has 1 unspecified atom stereocenters. The second kappa shape index (κ2) is 5.61. The number of alkyl carbamates (subject to hydrolysis) is 1. The molecule has 0 aromatic heterocycles. The number of hydrogen-bond acceptors (Lipinski definition) is 4. The minimum absolute atomic E-state index is 0.123. The first kappa shape index (κ1) is 14.5. The number of carbonyl (C=O) groups excluding carboxylic acids is 1. The van der Waals surface area contributed by atoms with Crippen molar-refractivity contribution in [3.05, 3.63) is 23.8 Å². The highest BCUT2D eigenvalue weighted by Gasteiger charge is 2.25. The van der Waals surface area contributed by atoms with Crippen molar-refractivity contribution >= 4 is 6.09 Å². The lowest BCUT2D eigenvalue weighted by molar-refractivity contribution is 0.0521. The number of carbonyl (C=O) groups is 1. The lowest BCUT2D eigenvalue weighted by atomic mass is 9.93. The fourth-order valence-electron chi connectivity index (χ4n) is 2.21. The summed E-state index contributed by atoms with van der Waals surface area (Å²) in [5.74, 6) is 0.789. The molecule has 20 heavy (non-hydrogen) atoms. The van der Waals surface area contributed by atoms with E-state index in [1.54, 1.807) is 12.1 Å². The standard InChI is InChI=1S/C15H21NO4/c1-15(2,3)20-14(18)16-9-10-7-8-19-13-11(10)5-4-6-12(13)17/h4-6,10,17H,7-9H2,1-3H3,(H,16,18). The number of amides is 1. The zero-order valence-electron chi connectivity index (χ0n) is 12.1. The first-order chi connectivity index (χ1) is 9.37. The molecule has 1 atom stereocenters. The van der Waals surface area contributed by atoms with Gasteiger partial charge in [0, 0.05) is 18.0 Å². The predicted molar refractivity (Wildman–Crippen MR) is 75.2 cm³/mol. The highest BCUT2D eigenvalue weighted by Crippen LogP contribution is 2.39. The Morgan fingerprint density at radius 3 is 2.95 bits per heavy atom. The summed E-state index contributed by atoms with van der Waals surface area (Å²) in [6.07, 6.45) is 0.373. The van der Waals surface area contributed by atoms with Crippen LogP contribution in [0.25, 0.3) is 0 Å². The van der Waals surface area contributed by atoms with E-state index in [0.717, 1.165) is 12.0 Å². The van der Waals surface area contributed by atoms with Crippen molar-refractivity contribution in [2.24, 2.45) is 0 Å². The van der Waals surface area contributed by atoms with Gasteiger partial charge < -0.3 is 19.9 Å². The summed E-state index contributed by atoms with van der Waals surface area (Å²) in [6, 6.07) is 5.29. The molecule has 0 spiro atoms. The van der Waals surface area contributed by atoms with E-state index in [4.69, 9.17) is 9.47 Å². The summed E-state index contributed by atoms with van der Waals surface area (Å²) in [7, 11) is 0.